The summed E-state index contributed by atoms with van der Waals surface area (Å²) in [7, 11) is 0. The van der Waals surface area contributed by atoms with Crippen LogP contribution in [-0.4, -0.2) is 24.0 Å². The second-order valence-corrected chi connectivity index (χ2v) is 2.25. The third-order valence-corrected chi connectivity index (χ3v) is 1.55. The first kappa shape index (κ1) is 12.4. The van der Waals surface area contributed by atoms with Crippen LogP contribution in [0.5, 0.6) is 5.75 Å². The number of para-hydroxylation sites is 1. The molecule has 56 valence electrons. The molecule has 0 bridgehead atoms. The monoisotopic (exact) mass is 248 g/mol. The van der Waals surface area contributed by atoms with E-state index < -0.39 is 0 Å². The van der Waals surface area contributed by atoms with E-state index in [0.29, 0.717) is 6.61 Å². The maximum absolute atomic E-state index is 5.34. The second kappa shape index (κ2) is 5.94. The van der Waals surface area contributed by atoms with Crippen LogP contribution in [0.2, 0.25) is 0 Å². The molecule has 1 nitrogen and oxygen atoms in total. The first-order valence-corrected chi connectivity index (χ1v) is 3.35. The molecule has 4 radical (unpaired) electrons. The Morgan fingerprint density at radius 3 is 2.67 bits per heavy atom. The van der Waals surface area contributed by atoms with Gasteiger partial charge in [0.2, 0.25) is 0 Å². The quantitative estimate of drug-likeness (QED) is 0.635. The van der Waals surface area contributed by atoms with Crippen molar-refractivity contribution < 1.29 is 37.4 Å². The zero-order valence-corrected chi connectivity index (χ0v) is 10.7. The van der Waals surface area contributed by atoms with Gasteiger partial charge < -0.3 is 4.74 Å². The van der Waals surface area contributed by atoms with Gasteiger partial charge in [-0.2, -0.15) is 0 Å². The minimum absolute atomic E-state index is 0. The second-order valence-electron chi connectivity index (χ2n) is 2.25. The zero-order chi connectivity index (χ0) is 6.81. The van der Waals surface area contributed by atoms with Crippen LogP contribution >= 0.6 is 0 Å². The summed E-state index contributed by atoms with van der Waals surface area (Å²) in [5.41, 5.74) is 1.17. The molecule has 1 aromatic rings. The van der Waals surface area contributed by atoms with E-state index >= 15 is 0 Å². The van der Waals surface area contributed by atoms with Crippen LogP contribution in [0.3, 0.4) is 0 Å². The van der Waals surface area contributed by atoms with Gasteiger partial charge in [0, 0.05) is 55.6 Å². The number of fused-ring (bicyclic) bond motifs is 1. The van der Waals surface area contributed by atoms with E-state index in [1.165, 1.54) is 5.56 Å². The van der Waals surface area contributed by atoms with E-state index in [-0.39, 0.29) is 50.1 Å². The molecule has 3 heteroatoms. The molecule has 1 aromatic carbocycles. The summed E-state index contributed by atoms with van der Waals surface area (Å²) in [5, 5.41) is 0. The van der Waals surface area contributed by atoms with Crippen molar-refractivity contribution in [3.05, 3.63) is 35.9 Å². The number of benzene rings is 1. The third kappa shape index (κ3) is 2.71. The Labute approximate surface area is 108 Å². The van der Waals surface area contributed by atoms with Crippen molar-refractivity contribution in [2.75, 3.05) is 6.61 Å². The average Bonchev–Trinajstić information content (AvgIpc) is 2.05. The number of hydrogen-bond donors (Lipinski definition) is 0. The number of ether oxygens (including phenoxy) is 1. The summed E-state index contributed by atoms with van der Waals surface area (Å²) in [6, 6.07) is 8.03. The Morgan fingerprint density at radius 1 is 1.17 bits per heavy atom. The SMILES string of the molecule is C1=Cc2ccccc2OC1.[Al].[Y]. The topological polar surface area (TPSA) is 9.23 Å². The van der Waals surface area contributed by atoms with Gasteiger partial charge in [-0.15, -0.1) is 0 Å². The summed E-state index contributed by atoms with van der Waals surface area (Å²) in [4.78, 5) is 0. The van der Waals surface area contributed by atoms with Gasteiger partial charge in [-0.05, 0) is 12.1 Å². The fourth-order valence-corrected chi connectivity index (χ4v) is 1.06. The van der Waals surface area contributed by atoms with Crippen molar-refractivity contribution in [2.45, 2.75) is 0 Å². The summed E-state index contributed by atoms with van der Waals surface area (Å²) in [6.45, 7) is 0.705. The molecule has 0 atom stereocenters. The summed E-state index contributed by atoms with van der Waals surface area (Å²) in [6.07, 6.45) is 4.10. The zero-order valence-electron chi connectivity index (χ0n) is 6.73. The van der Waals surface area contributed by atoms with Gasteiger partial charge in [-0.25, -0.2) is 0 Å². The van der Waals surface area contributed by atoms with Crippen molar-refractivity contribution in [3.63, 3.8) is 0 Å². The van der Waals surface area contributed by atoms with Gasteiger partial charge in [0.05, 0.1) is 0 Å². The summed E-state index contributed by atoms with van der Waals surface area (Å²) >= 11 is 0. The Morgan fingerprint density at radius 2 is 1.92 bits per heavy atom. The van der Waals surface area contributed by atoms with Gasteiger partial charge >= 0.3 is 0 Å². The van der Waals surface area contributed by atoms with Crippen LogP contribution in [0.15, 0.2) is 30.3 Å². The average molecular weight is 248 g/mol. The fourth-order valence-electron chi connectivity index (χ4n) is 1.06. The Balaban J connectivity index is 0.000000605. The molecule has 0 aromatic heterocycles. The molecule has 0 fully saturated rings. The Bertz CT molecular complexity index is 273. The third-order valence-electron chi connectivity index (χ3n) is 1.55. The van der Waals surface area contributed by atoms with Crippen LogP contribution in [0.4, 0.5) is 0 Å². The molecule has 0 saturated carbocycles. The van der Waals surface area contributed by atoms with Gasteiger partial charge in [0.25, 0.3) is 0 Å². The fraction of sp³-hybridized carbons (Fsp3) is 0.111. The van der Waals surface area contributed by atoms with E-state index in [1.54, 1.807) is 0 Å². The van der Waals surface area contributed by atoms with Gasteiger partial charge in [0.1, 0.15) is 12.4 Å². The van der Waals surface area contributed by atoms with Crippen LogP contribution in [0.1, 0.15) is 5.56 Å². The van der Waals surface area contributed by atoms with Gasteiger partial charge in [-0.1, -0.05) is 24.3 Å². The first-order chi connectivity index (χ1) is 4.97. The molecule has 0 N–H and O–H groups in total. The van der Waals surface area contributed by atoms with Gasteiger partial charge in [0.15, 0.2) is 0 Å². The largest absolute Gasteiger partial charge is 0.489 e. The predicted octanol–water partition coefficient (Wildman–Crippen LogP) is 1.71. The molecule has 12 heavy (non-hydrogen) atoms. The van der Waals surface area contributed by atoms with E-state index in [9.17, 15) is 0 Å². The van der Waals surface area contributed by atoms with Crippen molar-refractivity contribution in [2.24, 2.45) is 0 Å². The molecular weight excluding hydrogens is 240 g/mol. The maximum atomic E-state index is 5.34. The summed E-state index contributed by atoms with van der Waals surface area (Å²) in [5.74, 6) is 0.991. The van der Waals surface area contributed by atoms with Crippen molar-refractivity contribution >= 4 is 23.4 Å². The molecule has 0 saturated heterocycles. The number of rotatable bonds is 0. The van der Waals surface area contributed by atoms with E-state index in [1.807, 2.05) is 30.3 Å². The molecule has 2 rings (SSSR count). The standard InChI is InChI=1S/C9H8O.Al.Y/c1-2-6-9-8(4-1)5-3-7-10-9;;/h1-6H,7H2;;. The van der Waals surface area contributed by atoms with E-state index in [0.717, 1.165) is 5.75 Å². The minimum Gasteiger partial charge on any atom is -0.489 e. The molecule has 0 unspecified atom stereocenters. The molecular formula is C9H8AlOY. The van der Waals surface area contributed by atoms with Gasteiger partial charge in [-0.3, -0.25) is 0 Å². The Kier molecular flexibility index (Phi) is 6.14. The minimum atomic E-state index is 0. The van der Waals surface area contributed by atoms with Crippen LogP contribution < -0.4 is 4.74 Å². The number of hydrogen-bond acceptors (Lipinski definition) is 1. The van der Waals surface area contributed by atoms with E-state index in [2.05, 4.69) is 6.08 Å². The van der Waals surface area contributed by atoms with Crippen LogP contribution in [0.25, 0.3) is 6.08 Å². The molecule has 0 amide bonds. The van der Waals surface area contributed by atoms with E-state index in [4.69, 9.17) is 4.74 Å². The van der Waals surface area contributed by atoms with Crippen LogP contribution in [-0.2, 0) is 32.7 Å². The molecule has 1 aliphatic heterocycles. The Hall–Kier alpha value is 0.396. The van der Waals surface area contributed by atoms with Crippen molar-refractivity contribution in [1.82, 2.24) is 0 Å². The molecule has 0 spiro atoms. The first-order valence-electron chi connectivity index (χ1n) is 3.35. The predicted molar refractivity (Wildman–Crippen MR) is 46.7 cm³/mol. The van der Waals surface area contributed by atoms with Crippen LogP contribution in [0, 0.1) is 0 Å². The molecule has 0 aliphatic carbocycles. The van der Waals surface area contributed by atoms with Crippen molar-refractivity contribution in [3.8, 4) is 5.75 Å². The normalized spacial score (nSPS) is 11.7. The molecule has 1 heterocycles. The smallest absolute Gasteiger partial charge is 0.126 e. The maximum Gasteiger partial charge on any atom is 0.126 e. The van der Waals surface area contributed by atoms with Crippen molar-refractivity contribution in [1.29, 1.82) is 0 Å². The summed E-state index contributed by atoms with van der Waals surface area (Å²) < 4.78 is 5.34. The molecule has 1 aliphatic rings.